The number of ether oxygens (including phenoxy) is 2. The van der Waals surface area contributed by atoms with Crippen LogP contribution in [0, 0.1) is 5.82 Å². The predicted octanol–water partition coefficient (Wildman–Crippen LogP) is 3.27. The van der Waals surface area contributed by atoms with E-state index in [-0.39, 0.29) is 11.9 Å². The summed E-state index contributed by atoms with van der Waals surface area (Å²) < 4.78 is 25.2. The summed E-state index contributed by atoms with van der Waals surface area (Å²) >= 11 is 0. The van der Waals surface area contributed by atoms with E-state index in [9.17, 15) is 4.39 Å². The highest BCUT2D eigenvalue weighted by molar-refractivity contribution is 5.31. The van der Waals surface area contributed by atoms with Crippen molar-refractivity contribution in [2.75, 3.05) is 20.2 Å². The smallest absolute Gasteiger partial charge is 0.169 e. The molecule has 1 fully saturated rings. The van der Waals surface area contributed by atoms with Crippen molar-refractivity contribution in [2.45, 2.75) is 25.5 Å². The van der Waals surface area contributed by atoms with Crippen molar-refractivity contribution < 1.29 is 13.9 Å². The lowest BCUT2D eigenvalue weighted by Crippen LogP contribution is -2.38. The molecule has 1 aliphatic rings. The molecule has 0 spiro atoms. The lowest BCUT2D eigenvalue weighted by molar-refractivity contribution is 0.0960. The number of pyridine rings is 1. The van der Waals surface area contributed by atoms with Crippen LogP contribution in [0.25, 0.3) is 0 Å². The monoisotopic (exact) mass is 316 g/mol. The van der Waals surface area contributed by atoms with Gasteiger partial charge in [0.2, 0.25) is 0 Å². The number of piperidine rings is 1. The Labute approximate surface area is 135 Å². The molecule has 0 aliphatic carbocycles. The average molecular weight is 316 g/mol. The van der Waals surface area contributed by atoms with Crippen LogP contribution in [0.1, 0.15) is 18.4 Å². The molecule has 4 nitrogen and oxygen atoms in total. The van der Waals surface area contributed by atoms with Gasteiger partial charge in [0.05, 0.1) is 7.11 Å². The molecule has 5 heteroatoms. The molecule has 1 aliphatic heterocycles. The van der Waals surface area contributed by atoms with E-state index < -0.39 is 0 Å². The molecule has 23 heavy (non-hydrogen) atoms. The molecule has 2 heterocycles. The summed E-state index contributed by atoms with van der Waals surface area (Å²) in [4.78, 5) is 6.24. The number of nitrogens with zero attached hydrogens (tertiary/aromatic N) is 2. The molecule has 1 saturated heterocycles. The van der Waals surface area contributed by atoms with Gasteiger partial charge in [-0.25, -0.2) is 4.39 Å². The number of benzene rings is 1. The molecule has 0 saturated carbocycles. The number of aromatic nitrogens is 1. The maximum absolute atomic E-state index is 14.2. The van der Waals surface area contributed by atoms with Crippen molar-refractivity contribution in [2.24, 2.45) is 0 Å². The summed E-state index contributed by atoms with van der Waals surface area (Å²) in [6.45, 7) is 2.39. The zero-order valence-corrected chi connectivity index (χ0v) is 13.2. The summed E-state index contributed by atoms with van der Waals surface area (Å²) in [5.74, 6) is 0.904. The van der Waals surface area contributed by atoms with Crippen LogP contribution in [-0.2, 0) is 6.54 Å². The van der Waals surface area contributed by atoms with Gasteiger partial charge in [-0.15, -0.1) is 0 Å². The summed E-state index contributed by atoms with van der Waals surface area (Å²) in [7, 11) is 1.49. The van der Waals surface area contributed by atoms with Crippen molar-refractivity contribution in [3.05, 3.63) is 54.1 Å². The van der Waals surface area contributed by atoms with E-state index in [1.165, 1.54) is 7.11 Å². The highest BCUT2D eigenvalue weighted by atomic mass is 19.1. The van der Waals surface area contributed by atoms with Crippen LogP contribution < -0.4 is 9.47 Å². The predicted molar refractivity (Wildman–Crippen MR) is 86.1 cm³/mol. The Hall–Kier alpha value is -2.14. The quantitative estimate of drug-likeness (QED) is 0.848. The molecule has 0 atom stereocenters. The molecular weight excluding hydrogens is 295 g/mol. The molecule has 2 aromatic rings. The number of hydrogen-bond acceptors (Lipinski definition) is 4. The Morgan fingerprint density at radius 1 is 1.17 bits per heavy atom. The van der Waals surface area contributed by atoms with Crippen LogP contribution in [0.5, 0.6) is 11.5 Å². The van der Waals surface area contributed by atoms with Gasteiger partial charge >= 0.3 is 0 Å². The number of hydrogen-bond donors (Lipinski definition) is 0. The van der Waals surface area contributed by atoms with Crippen LogP contribution in [0.15, 0.2) is 42.7 Å². The van der Waals surface area contributed by atoms with E-state index in [1.54, 1.807) is 18.5 Å². The van der Waals surface area contributed by atoms with Gasteiger partial charge in [-0.3, -0.25) is 9.88 Å². The van der Waals surface area contributed by atoms with Crippen LogP contribution in [0.4, 0.5) is 4.39 Å². The molecule has 0 N–H and O–H groups in total. The second-order valence-corrected chi connectivity index (χ2v) is 5.71. The Morgan fingerprint density at radius 2 is 1.91 bits per heavy atom. The van der Waals surface area contributed by atoms with Crippen molar-refractivity contribution in [3.63, 3.8) is 0 Å². The van der Waals surface area contributed by atoms with Crippen LogP contribution in [-0.4, -0.2) is 36.2 Å². The van der Waals surface area contributed by atoms with E-state index in [4.69, 9.17) is 9.47 Å². The van der Waals surface area contributed by atoms with Crippen molar-refractivity contribution in [1.29, 1.82) is 0 Å². The van der Waals surface area contributed by atoms with E-state index >= 15 is 0 Å². The number of methoxy groups -OCH3 is 1. The average Bonchev–Trinajstić information content (AvgIpc) is 2.59. The molecule has 1 aromatic carbocycles. The number of rotatable bonds is 5. The van der Waals surface area contributed by atoms with E-state index in [0.29, 0.717) is 17.9 Å². The Morgan fingerprint density at radius 3 is 2.61 bits per heavy atom. The first kappa shape index (κ1) is 15.7. The van der Waals surface area contributed by atoms with Gasteiger partial charge in [-0.2, -0.15) is 0 Å². The second-order valence-electron chi connectivity index (χ2n) is 5.71. The van der Waals surface area contributed by atoms with Gasteiger partial charge in [0, 0.05) is 37.6 Å². The second kappa shape index (κ2) is 7.42. The molecule has 0 unspecified atom stereocenters. The fourth-order valence-electron chi connectivity index (χ4n) is 2.87. The first-order chi connectivity index (χ1) is 11.3. The van der Waals surface area contributed by atoms with Gasteiger partial charge in [0.15, 0.2) is 11.6 Å². The van der Waals surface area contributed by atoms with Crippen LogP contribution in [0.3, 0.4) is 0 Å². The highest BCUT2D eigenvalue weighted by Crippen LogP contribution is 2.23. The first-order valence-corrected chi connectivity index (χ1v) is 7.86. The minimum Gasteiger partial charge on any atom is -0.494 e. The van der Waals surface area contributed by atoms with E-state index in [0.717, 1.165) is 31.7 Å². The minimum atomic E-state index is -0.259. The summed E-state index contributed by atoms with van der Waals surface area (Å²) in [5, 5.41) is 0. The first-order valence-electron chi connectivity index (χ1n) is 7.86. The van der Waals surface area contributed by atoms with Crippen LogP contribution in [0.2, 0.25) is 0 Å². The Bertz CT molecular complexity index is 628. The van der Waals surface area contributed by atoms with E-state index in [1.807, 2.05) is 24.3 Å². The number of halogens is 1. The summed E-state index contributed by atoms with van der Waals surface area (Å²) in [5.41, 5.74) is 0.679. The van der Waals surface area contributed by atoms with E-state index in [2.05, 4.69) is 9.88 Å². The Kier molecular flexibility index (Phi) is 5.08. The van der Waals surface area contributed by atoms with Gasteiger partial charge in [0.25, 0.3) is 0 Å². The van der Waals surface area contributed by atoms with Crippen LogP contribution >= 0.6 is 0 Å². The summed E-state index contributed by atoms with van der Waals surface area (Å²) in [6.07, 6.45) is 5.55. The molecule has 0 amide bonds. The zero-order valence-electron chi connectivity index (χ0n) is 13.2. The maximum Gasteiger partial charge on any atom is 0.169 e. The SMILES string of the molecule is COc1cccc(CN2CCC(Oc3ccncc3)CC2)c1F. The van der Waals surface area contributed by atoms with Gasteiger partial charge < -0.3 is 9.47 Å². The fraction of sp³-hybridized carbons (Fsp3) is 0.389. The van der Waals surface area contributed by atoms with Crippen molar-refractivity contribution in [3.8, 4) is 11.5 Å². The fourth-order valence-corrected chi connectivity index (χ4v) is 2.87. The zero-order chi connectivity index (χ0) is 16.1. The number of likely N-dealkylation sites (tertiary alicyclic amines) is 1. The highest BCUT2D eigenvalue weighted by Gasteiger charge is 2.21. The van der Waals surface area contributed by atoms with Gasteiger partial charge in [-0.1, -0.05) is 12.1 Å². The Balaban J connectivity index is 1.53. The third kappa shape index (κ3) is 3.99. The standard InChI is InChI=1S/C18H21FN2O2/c1-22-17-4-2-3-14(18(17)19)13-21-11-7-16(8-12-21)23-15-5-9-20-10-6-15/h2-6,9-10,16H,7-8,11-13H2,1H3. The van der Waals surface area contributed by atoms with Gasteiger partial charge in [0.1, 0.15) is 11.9 Å². The van der Waals surface area contributed by atoms with Gasteiger partial charge in [-0.05, 0) is 31.0 Å². The molecule has 0 bridgehead atoms. The lowest BCUT2D eigenvalue weighted by atomic mass is 10.1. The third-order valence-electron chi connectivity index (χ3n) is 4.14. The normalized spacial score (nSPS) is 16.3. The topological polar surface area (TPSA) is 34.6 Å². The molecule has 3 rings (SSSR count). The maximum atomic E-state index is 14.2. The molecule has 0 radical (unpaired) electrons. The van der Waals surface area contributed by atoms with Crippen molar-refractivity contribution >= 4 is 0 Å². The van der Waals surface area contributed by atoms with Crippen molar-refractivity contribution in [1.82, 2.24) is 9.88 Å². The largest absolute Gasteiger partial charge is 0.494 e. The molecular formula is C18H21FN2O2. The lowest BCUT2D eigenvalue weighted by Gasteiger charge is -2.32. The minimum absolute atomic E-state index is 0.212. The third-order valence-corrected chi connectivity index (χ3v) is 4.14. The molecule has 1 aromatic heterocycles. The molecule has 122 valence electrons. The summed E-state index contributed by atoms with van der Waals surface area (Å²) in [6, 6.07) is 9.04.